The Labute approximate surface area is 215 Å². The largest absolute Gasteiger partial charge is 0.467 e. The molecule has 37 heavy (non-hydrogen) atoms. The lowest BCUT2D eigenvalue weighted by Crippen LogP contribution is -2.46. The molecule has 4 fully saturated rings. The molecule has 2 bridgehead atoms. The van der Waals surface area contributed by atoms with Crippen LogP contribution in [0.15, 0.2) is 24.4 Å². The molecular weight excluding hydrogens is 475 g/mol. The maximum atomic E-state index is 15.6. The Hall–Kier alpha value is -2.82. The van der Waals surface area contributed by atoms with Gasteiger partial charge in [-0.05, 0) is 56.0 Å². The molecular formula is C27H33FN6O3. The number of hydrogen-bond acceptors (Lipinski definition) is 8. The van der Waals surface area contributed by atoms with E-state index in [4.69, 9.17) is 14.2 Å². The molecule has 10 heteroatoms. The molecule has 4 aliphatic heterocycles. The van der Waals surface area contributed by atoms with E-state index in [2.05, 4.69) is 43.9 Å². The molecule has 0 saturated carbocycles. The summed E-state index contributed by atoms with van der Waals surface area (Å²) in [4.78, 5) is 13.8. The van der Waals surface area contributed by atoms with Crippen molar-refractivity contribution in [2.75, 3.05) is 51.5 Å². The van der Waals surface area contributed by atoms with E-state index in [0.29, 0.717) is 30.5 Å². The number of morpholine rings is 1. The van der Waals surface area contributed by atoms with Gasteiger partial charge < -0.3 is 19.1 Å². The van der Waals surface area contributed by atoms with E-state index in [9.17, 15) is 0 Å². The lowest BCUT2D eigenvalue weighted by Gasteiger charge is -2.38. The Kier molecular flexibility index (Phi) is 5.78. The van der Waals surface area contributed by atoms with Gasteiger partial charge >= 0.3 is 6.01 Å². The van der Waals surface area contributed by atoms with Gasteiger partial charge in [0, 0.05) is 43.1 Å². The Morgan fingerprint density at radius 3 is 2.68 bits per heavy atom. The summed E-state index contributed by atoms with van der Waals surface area (Å²) in [6.45, 7) is 6.47. The molecule has 5 atom stereocenters. The highest BCUT2D eigenvalue weighted by atomic mass is 19.1. The van der Waals surface area contributed by atoms with Gasteiger partial charge in [-0.25, -0.2) is 9.07 Å². The minimum atomic E-state index is -0.916. The molecule has 1 aromatic carbocycles. The standard InChI is InChI=1S/C27H33FN6O3/c1-16-7-17-11-29-34(26-10-25(30-27(31-26)35-2)33-12-20-8-19(33)15-37-20)24(17)9-22(16)21-3-5-32(13-23(21)28)18-4-6-36-14-18/h7,9-11,18-21,23H,3-6,8,12-15H2,1-2H3/t18?,19-,20-,21?,23?/m0/s1. The minimum Gasteiger partial charge on any atom is -0.467 e. The van der Waals surface area contributed by atoms with Crippen LogP contribution in [0.25, 0.3) is 16.7 Å². The normalized spacial score (nSPS) is 30.0. The van der Waals surface area contributed by atoms with E-state index in [0.717, 1.165) is 80.0 Å². The molecule has 2 aromatic heterocycles. The molecule has 6 heterocycles. The Morgan fingerprint density at radius 2 is 1.95 bits per heavy atom. The van der Waals surface area contributed by atoms with Gasteiger partial charge in [-0.3, -0.25) is 4.90 Å². The zero-order valence-corrected chi connectivity index (χ0v) is 21.3. The van der Waals surface area contributed by atoms with Gasteiger partial charge in [0.1, 0.15) is 12.0 Å². The summed E-state index contributed by atoms with van der Waals surface area (Å²) in [5.41, 5.74) is 3.07. The number of fused-ring (bicyclic) bond motifs is 3. The van der Waals surface area contributed by atoms with Crippen molar-refractivity contribution < 1.29 is 18.6 Å². The molecule has 9 nitrogen and oxygen atoms in total. The molecule has 0 spiro atoms. The third-order valence-electron chi connectivity index (χ3n) is 8.62. The van der Waals surface area contributed by atoms with Crippen molar-refractivity contribution in [1.82, 2.24) is 24.6 Å². The van der Waals surface area contributed by atoms with Crippen LogP contribution in [0.5, 0.6) is 6.01 Å². The van der Waals surface area contributed by atoms with E-state index >= 15 is 4.39 Å². The lowest BCUT2D eigenvalue weighted by atomic mass is 9.84. The number of methoxy groups -OCH3 is 1. The molecule has 3 unspecified atom stereocenters. The van der Waals surface area contributed by atoms with Crippen molar-refractivity contribution in [3.63, 3.8) is 0 Å². The second kappa shape index (κ2) is 9.18. The van der Waals surface area contributed by atoms with Crippen LogP contribution in [-0.2, 0) is 9.47 Å². The lowest BCUT2D eigenvalue weighted by molar-refractivity contribution is 0.0728. The predicted octanol–water partition coefficient (Wildman–Crippen LogP) is 3.03. The van der Waals surface area contributed by atoms with Crippen LogP contribution in [-0.4, -0.2) is 95.6 Å². The number of alkyl halides is 1. The number of likely N-dealkylation sites (tertiary alicyclic amines) is 1. The first-order valence-corrected chi connectivity index (χ1v) is 13.3. The van der Waals surface area contributed by atoms with Gasteiger partial charge in [0.05, 0.1) is 44.2 Å². The highest BCUT2D eigenvalue weighted by molar-refractivity contribution is 5.82. The summed E-state index contributed by atoms with van der Waals surface area (Å²) in [5.74, 6) is 1.32. The fourth-order valence-electron chi connectivity index (χ4n) is 6.63. The number of aryl methyl sites for hydroxylation is 1. The first-order chi connectivity index (χ1) is 18.1. The van der Waals surface area contributed by atoms with Crippen LogP contribution in [0, 0.1) is 6.92 Å². The van der Waals surface area contributed by atoms with Crippen LogP contribution in [0.2, 0.25) is 0 Å². The zero-order chi connectivity index (χ0) is 25.1. The van der Waals surface area contributed by atoms with Crippen LogP contribution in [0.1, 0.15) is 36.3 Å². The van der Waals surface area contributed by atoms with Gasteiger partial charge in [0.15, 0.2) is 5.82 Å². The number of benzene rings is 1. The summed E-state index contributed by atoms with van der Waals surface area (Å²) in [6, 6.07) is 7.18. The Balaban J connectivity index is 1.22. The zero-order valence-electron chi connectivity index (χ0n) is 21.3. The summed E-state index contributed by atoms with van der Waals surface area (Å²) in [6.07, 6.45) is 4.00. The van der Waals surface area contributed by atoms with Crippen LogP contribution in [0.3, 0.4) is 0 Å². The van der Waals surface area contributed by atoms with E-state index in [-0.39, 0.29) is 12.0 Å². The van der Waals surface area contributed by atoms with Crippen molar-refractivity contribution in [3.05, 3.63) is 35.5 Å². The van der Waals surface area contributed by atoms with Crippen LogP contribution >= 0.6 is 0 Å². The molecule has 4 saturated heterocycles. The van der Waals surface area contributed by atoms with Gasteiger partial charge in [-0.1, -0.05) is 0 Å². The van der Waals surface area contributed by atoms with Gasteiger partial charge in [0.25, 0.3) is 0 Å². The van der Waals surface area contributed by atoms with Crippen molar-refractivity contribution in [2.24, 2.45) is 0 Å². The van der Waals surface area contributed by atoms with Gasteiger partial charge in [-0.15, -0.1) is 0 Å². The summed E-state index contributed by atoms with van der Waals surface area (Å²) < 4.78 is 34.2. The first-order valence-electron chi connectivity index (χ1n) is 13.3. The smallest absolute Gasteiger partial charge is 0.320 e. The van der Waals surface area contributed by atoms with Crippen molar-refractivity contribution in [3.8, 4) is 11.8 Å². The molecule has 0 radical (unpaired) electrons. The number of rotatable bonds is 5. The summed E-state index contributed by atoms with van der Waals surface area (Å²) in [5, 5.41) is 5.68. The van der Waals surface area contributed by atoms with Gasteiger partial charge in [0.2, 0.25) is 0 Å². The number of anilines is 1. The van der Waals surface area contributed by atoms with Crippen molar-refractivity contribution in [1.29, 1.82) is 0 Å². The number of ether oxygens (including phenoxy) is 3. The summed E-state index contributed by atoms with van der Waals surface area (Å²) >= 11 is 0. The molecule has 7 rings (SSSR count). The van der Waals surface area contributed by atoms with Gasteiger partial charge in [-0.2, -0.15) is 15.1 Å². The third-order valence-corrected chi connectivity index (χ3v) is 8.62. The number of halogens is 1. The first kappa shape index (κ1) is 23.3. The summed E-state index contributed by atoms with van der Waals surface area (Å²) in [7, 11) is 1.58. The van der Waals surface area contributed by atoms with Crippen LogP contribution < -0.4 is 9.64 Å². The topological polar surface area (TPSA) is 77.8 Å². The maximum absolute atomic E-state index is 15.6. The average Bonchev–Trinajstić information content (AvgIpc) is 3.73. The minimum absolute atomic E-state index is 0.137. The predicted molar refractivity (Wildman–Crippen MR) is 136 cm³/mol. The molecule has 4 aliphatic rings. The quantitative estimate of drug-likeness (QED) is 0.521. The van der Waals surface area contributed by atoms with E-state index in [1.54, 1.807) is 7.11 Å². The molecule has 0 N–H and O–H groups in total. The highest BCUT2D eigenvalue weighted by Crippen LogP contribution is 2.37. The van der Waals surface area contributed by atoms with Crippen LogP contribution in [0.4, 0.5) is 10.2 Å². The number of hydrogen-bond donors (Lipinski definition) is 0. The highest BCUT2D eigenvalue weighted by Gasteiger charge is 2.40. The van der Waals surface area contributed by atoms with Crippen molar-refractivity contribution >= 4 is 16.7 Å². The maximum Gasteiger partial charge on any atom is 0.320 e. The van der Waals surface area contributed by atoms with Crippen molar-refractivity contribution in [2.45, 2.75) is 56.5 Å². The Morgan fingerprint density at radius 1 is 1.05 bits per heavy atom. The molecule has 3 aromatic rings. The fraction of sp³-hybridized carbons (Fsp3) is 0.593. The second-order valence-electron chi connectivity index (χ2n) is 10.8. The fourth-order valence-corrected chi connectivity index (χ4v) is 6.63. The molecule has 196 valence electrons. The molecule has 0 amide bonds. The third kappa shape index (κ3) is 4.06. The SMILES string of the molecule is COc1nc(N2C[C@@H]3C[C@H]2CO3)cc(-n2ncc3cc(C)c(C4CCN(C5CCOC5)CC4F)cc32)n1. The monoisotopic (exact) mass is 508 g/mol. The average molecular weight is 509 g/mol. The Bertz CT molecular complexity index is 1310. The second-order valence-corrected chi connectivity index (χ2v) is 10.8. The molecule has 0 aliphatic carbocycles. The van der Waals surface area contributed by atoms with E-state index in [1.165, 1.54) is 0 Å². The number of piperidine rings is 1. The number of nitrogens with zero attached hydrogens (tertiary/aromatic N) is 6. The van der Waals surface area contributed by atoms with E-state index in [1.807, 2.05) is 16.9 Å². The number of aromatic nitrogens is 4. The van der Waals surface area contributed by atoms with E-state index < -0.39 is 6.17 Å².